The molecule has 0 heterocycles. The molecule has 0 atom stereocenters. The van der Waals surface area contributed by atoms with Crippen LogP contribution in [0.25, 0.3) is 0 Å². The van der Waals surface area contributed by atoms with Gasteiger partial charge in [0.25, 0.3) is 0 Å². The third kappa shape index (κ3) is 3.56. The molecule has 0 spiro atoms. The normalized spacial score (nSPS) is 18.3. The third-order valence-electron chi connectivity index (χ3n) is 1.80. The molecule has 0 aromatic heterocycles. The molecule has 0 N–H and O–H groups in total. The number of hydrogen-bond acceptors (Lipinski definition) is 0. The van der Waals surface area contributed by atoms with Crippen molar-refractivity contribution >= 4 is 0 Å². The van der Waals surface area contributed by atoms with Crippen molar-refractivity contribution in [3.63, 3.8) is 0 Å². The van der Waals surface area contributed by atoms with Gasteiger partial charge in [-0.25, -0.2) is 0 Å². The first kappa shape index (κ1) is 9.00. The van der Waals surface area contributed by atoms with Crippen molar-refractivity contribution in [2.24, 2.45) is 11.3 Å². The molecule has 9 heavy (non-hydrogen) atoms. The van der Waals surface area contributed by atoms with Gasteiger partial charge in [-0.15, -0.1) is 0 Å². The second-order valence-corrected chi connectivity index (χ2v) is 3.64. The Morgan fingerprint density at radius 2 is 1.33 bits per heavy atom. The summed E-state index contributed by atoms with van der Waals surface area (Å²) < 4.78 is 0. The summed E-state index contributed by atoms with van der Waals surface area (Å²) in [7, 11) is 0. The lowest BCUT2D eigenvalue weighted by atomic mass is 9.91. The Balaban J connectivity index is 0.000000291. The van der Waals surface area contributed by atoms with Crippen LogP contribution in [0.3, 0.4) is 0 Å². The summed E-state index contributed by atoms with van der Waals surface area (Å²) in [4.78, 5) is 0. The molecular weight excluding hydrogens is 108 g/mol. The zero-order valence-corrected chi connectivity index (χ0v) is 7.49. The number of hydrogen-bond donors (Lipinski definition) is 0. The van der Waals surface area contributed by atoms with Gasteiger partial charge >= 0.3 is 0 Å². The molecule has 0 amide bonds. The SMILES string of the molecule is CC.CC(C)(C)C1CC1. The van der Waals surface area contributed by atoms with Crippen LogP contribution in [0, 0.1) is 11.3 Å². The molecule has 0 aromatic carbocycles. The molecule has 1 aliphatic carbocycles. The van der Waals surface area contributed by atoms with Gasteiger partial charge in [0.1, 0.15) is 0 Å². The van der Waals surface area contributed by atoms with Gasteiger partial charge in [-0.3, -0.25) is 0 Å². The van der Waals surface area contributed by atoms with E-state index >= 15 is 0 Å². The second-order valence-electron chi connectivity index (χ2n) is 3.64. The Labute approximate surface area is 59.7 Å². The molecular formula is C9H20. The first-order valence-electron chi connectivity index (χ1n) is 4.11. The largest absolute Gasteiger partial charge is 0.0683 e. The van der Waals surface area contributed by atoms with Gasteiger partial charge in [-0.05, 0) is 24.2 Å². The molecule has 0 heteroatoms. The van der Waals surface area contributed by atoms with Gasteiger partial charge in [0.2, 0.25) is 0 Å². The van der Waals surface area contributed by atoms with E-state index in [1.165, 1.54) is 12.8 Å². The third-order valence-corrected chi connectivity index (χ3v) is 1.80. The lowest BCUT2D eigenvalue weighted by molar-refractivity contribution is 0.351. The van der Waals surface area contributed by atoms with Gasteiger partial charge in [0.15, 0.2) is 0 Å². The van der Waals surface area contributed by atoms with Crippen LogP contribution in [0.5, 0.6) is 0 Å². The van der Waals surface area contributed by atoms with E-state index < -0.39 is 0 Å². The van der Waals surface area contributed by atoms with E-state index in [-0.39, 0.29) is 0 Å². The molecule has 1 rings (SSSR count). The van der Waals surface area contributed by atoms with E-state index in [1.54, 1.807) is 0 Å². The number of rotatable bonds is 0. The van der Waals surface area contributed by atoms with Crippen molar-refractivity contribution in [1.29, 1.82) is 0 Å². The molecule has 0 nitrogen and oxygen atoms in total. The molecule has 0 unspecified atom stereocenters. The Bertz CT molecular complexity index is 62.6. The van der Waals surface area contributed by atoms with E-state index in [2.05, 4.69) is 20.8 Å². The smallest absolute Gasteiger partial charge is 0.0354 e. The standard InChI is InChI=1S/C7H14.C2H6/c1-7(2,3)6-4-5-6;1-2/h6H,4-5H2,1-3H3;1-2H3. The first-order valence-corrected chi connectivity index (χ1v) is 4.11. The summed E-state index contributed by atoms with van der Waals surface area (Å²) in [5.74, 6) is 1.05. The van der Waals surface area contributed by atoms with Crippen molar-refractivity contribution in [1.82, 2.24) is 0 Å². The molecule has 1 aliphatic rings. The summed E-state index contributed by atoms with van der Waals surface area (Å²) in [6, 6.07) is 0. The highest BCUT2D eigenvalue weighted by Gasteiger charge is 2.33. The van der Waals surface area contributed by atoms with E-state index in [4.69, 9.17) is 0 Å². The van der Waals surface area contributed by atoms with Crippen molar-refractivity contribution in [3.8, 4) is 0 Å². The average Bonchev–Trinajstić information content (AvgIpc) is 2.47. The lowest BCUT2D eigenvalue weighted by Gasteiger charge is -2.15. The Hall–Kier alpha value is 0. The highest BCUT2D eigenvalue weighted by atomic mass is 14.4. The predicted molar refractivity (Wildman–Crippen MR) is 43.5 cm³/mol. The average molecular weight is 128 g/mol. The van der Waals surface area contributed by atoms with Crippen LogP contribution in [0.15, 0.2) is 0 Å². The monoisotopic (exact) mass is 128 g/mol. The van der Waals surface area contributed by atoms with Crippen molar-refractivity contribution in [2.75, 3.05) is 0 Å². The van der Waals surface area contributed by atoms with Crippen LogP contribution < -0.4 is 0 Å². The van der Waals surface area contributed by atoms with Crippen LogP contribution in [-0.4, -0.2) is 0 Å². The summed E-state index contributed by atoms with van der Waals surface area (Å²) in [5, 5.41) is 0. The maximum Gasteiger partial charge on any atom is -0.0354 e. The fraction of sp³-hybridized carbons (Fsp3) is 1.00. The van der Waals surface area contributed by atoms with E-state index in [0.717, 1.165) is 5.92 Å². The quantitative estimate of drug-likeness (QED) is 0.468. The maximum atomic E-state index is 2.32. The molecule has 1 saturated carbocycles. The molecule has 0 saturated heterocycles. The zero-order valence-electron chi connectivity index (χ0n) is 7.49. The maximum absolute atomic E-state index is 2.32. The lowest BCUT2D eigenvalue weighted by Crippen LogP contribution is -2.06. The summed E-state index contributed by atoms with van der Waals surface area (Å²) in [6.07, 6.45) is 2.95. The summed E-state index contributed by atoms with van der Waals surface area (Å²) in [5.41, 5.74) is 0.611. The first-order chi connectivity index (χ1) is 4.11. The van der Waals surface area contributed by atoms with Crippen molar-refractivity contribution in [3.05, 3.63) is 0 Å². The highest BCUT2D eigenvalue weighted by Crippen LogP contribution is 2.44. The molecule has 0 aliphatic heterocycles. The van der Waals surface area contributed by atoms with Crippen LogP contribution >= 0.6 is 0 Å². The Kier molecular flexibility index (Phi) is 3.24. The fourth-order valence-electron chi connectivity index (χ4n) is 0.949. The van der Waals surface area contributed by atoms with Crippen molar-refractivity contribution in [2.45, 2.75) is 47.5 Å². The Morgan fingerprint density at radius 3 is 1.33 bits per heavy atom. The van der Waals surface area contributed by atoms with Crippen LogP contribution in [0.4, 0.5) is 0 Å². The van der Waals surface area contributed by atoms with E-state index in [9.17, 15) is 0 Å². The van der Waals surface area contributed by atoms with Gasteiger partial charge in [-0.1, -0.05) is 34.6 Å². The highest BCUT2D eigenvalue weighted by molar-refractivity contribution is 4.84. The summed E-state index contributed by atoms with van der Waals surface area (Å²) >= 11 is 0. The van der Waals surface area contributed by atoms with E-state index in [0.29, 0.717) is 5.41 Å². The van der Waals surface area contributed by atoms with E-state index in [1.807, 2.05) is 13.8 Å². The van der Waals surface area contributed by atoms with Crippen LogP contribution in [0.1, 0.15) is 47.5 Å². The van der Waals surface area contributed by atoms with Gasteiger partial charge in [-0.2, -0.15) is 0 Å². The molecule has 0 bridgehead atoms. The Morgan fingerprint density at radius 1 is 1.00 bits per heavy atom. The minimum Gasteiger partial charge on any atom is -0.0683 e. The predicted octanol–water partition coefficient (Wildman–Crippen LogP) is 3.47. The fourth-order valence-corrected chi connectivity index (χ4v) is 0.949. The minimum atomic E-state index is 0.611. The molecule has 0 aromatic rings. The van der Waals surface area contributed by atoms with Crippen molar-refractivity contribution < 1.29 is 0 Å². The van der Waals surface area contributed by atoms with Crippen LogP contribution in [0.2, 0.25) is 0 Å². The van der Waals surface area contributed by atoms with Gasteiger partial charge in [0, 0.05) is 0 Å². The molecule has 0 radical (unpaired) electrons. The van der Waals surface area contributed by atoms with Crippen LogP contribution in [-0.2, 0) is 0 Å². The topological polar surface area (TPSA) is 0 Å². The minimum absolute atomic E-state index is 0.611. The summed E-state index contributed by atoms with van der Waals surface area (Å²) in [6.45, 7) is 11.0. The second kappa shape index (κ2) is 3.24. The zero-order chi connectivity index (χ0) is 7.49. The molecule has 1 fully saturated rings. The molecule has 56 valence electrons. The van der Waals surface area contributed by atoms with Gasteiger partial charge < -0.3 is 0 Å². The van der Waals surface area contributed by atoms with Gasteiger partial charge in [0.05, 0.1) is 0 Å².